The number of hydrogen-bond donors (Lipinski definition) is 2. The molecule has 0 fully saturated rings. The number of aryl methyl sites for hydroxylation is 1. The number of halogens is 1. The molecule has 0 aliphatic carbocycles. The minimum Gasteiger partial charge on any atom is -0.508 e. The summed E-state index contributed by atoms with van der Waals surface area (Å²) in [7, 11) is -3.66. The van der Waals surface area contributed by atoms with Crippen LogP contribution in [0, 0.1) is 6.92 Å². The smallest absolute Gasteiger partial charge is 0.241 e. The van der Waals surface area contributed by atoms with Crippen LogP contribution in [-0.2, 0) is 10.0 Å². The molecule has 0 aliphatic rings. The molecule has 21 heavy (non-hydrogen) atoms. The van der Waals surface area contributed by atoms with Crippen molar-refractivity contribution in [3.63, 3.8) is 0 Å². The van der Waals surface area contributed by atoms with Crippen LogP contribution in [0.4, 0.5) is 0 Å². The maximum atomic E-state index is 12.3. The van der Waals surface area contributed by atoms with Crippen LogP contribution in [0.25, 0.3) is 0 Å². The molecule has 2 rings (SSSR count). The predicted molar refractivity (Wildman–Crippen MR) is 83.0 cm³/mol. The molecule has 2 N–H and O–H groups in total. The molecule has 0 unspecified atom stereocenters. The van der Waals surface area contributed by atoms with E-state index in [2.05, 4.69) is 4.72 Å². The summed E-state index contributed by atoms with van der Waals surface area (Å²) in [5, 5.41) is 10.3. The highest BCUT2D eigenvalue weighted by Crippen LogP contribution is 2.28. The van der Waals surface area contributed by atoms with Crippen molar-refractivity contribution in [1.82, 2.24) is 4.72 Å². The van der Waals surface area contributed by atoms with Crippen LogP contribution >= 0.6 is 11.6 Å². The van der Waals surface area contributed by atoms with Gasteiger partial charge in [0.1, 0.15) is 5.75 Å². The van der Waals surface area contributed by atoms with Crippen LogP contribution in [-0.4, -0.2) is 13.5 Å². The Bertz CT molecular complexity index is 742. The normalized spacial score (nSPS) is 13.1. The standard InChI is InChI=1S/C15H16ClNO3S/c1-10-3-6-13(7-4-10)21(19,20)17-11(2)14-9-12(16)5-8-15(14)18/h3-9,11,17-18H,1-2H3/t11-/m1/s1. The van der Waals surface area contributed by atoms with Crippen LogP contribution in [0.2, 0.25) is 5.02 Å². The molecular weight excluding hydrogens is 310 g/mol. The van der Waals surface area contributed by atoms with Gasteiger partial charge >= 0.3 is 0 Å². The average molecular weight is 326 g/mol. The Morgan fingerprint density at radius 1 is 1.14 bits per heavy atom. The van der Waals surface area contributed by atoms with Crippen molar-refractivity contribution in [3.05, 3.63) is 58.6 Å². The van der Waals surface area contributed by atoms with Crippen molar-refractivity contribution < 1.29 is 13.5 Å². The van der Waals surface area contributed by atoms with Gasteiger partial charge in [0, 0.05) is 16.6 Å². The SMILES string of the molecule is Cc1ccc(S(=O)(=O)N[C@H](C)c2cc(Cl)ccc2O)cc1. The highest BCUT2D eigenvalue weighted by Gasteiger charge is 2.20. The Kier molecular flexibility index (Phi) is 4.56. The lowest BCUT2D eigenvalue weighted by Gasteiger charge is -2.16. The van der Waals surface area contributed by atoms with E-state index in [1.165, 1.54) is 6.07 Å². The van der Waals surface area contributed by atoms with Gasteiger partial charge in [0.05, 0.1) is 4.90 Å². The van der Waals surface area contributed by atoms with Gasteiger partial charge in [-0.05, 0) is 44.2 Å². The summed E-state index contributed by atoms with van der Waals surface area (Å²) < 4.78 is 27.1. The van der Waals surface area contributed by atoms with Crippen molar-refractivity contribution in [2.45, 2.75) is 24.8 Å². The molecular formula is C15H16ClNO3S. The van der Waals surface area contributed by atoms with Crippen molar-refractivity contribution in [1.29, 1.82) is 0 Å². The number of phenols is 1. The molecule has 112 valence electrons. The van der Waals surface area contributed by atoms with E-state index in [0.29, 0.717) is 10.6 Å². The molecule has 0 amide bonds. The van der Waals surface area contributed by atoms with E-state index in [1.807, 2.05) is 6.92 Å². The number of aromatic hydroxyl groups is 1. The highest BCUT2D eigenvalue weighted by atomic mass is 35.5. The molecule has 0 spiro atoms. The van der Waals surface area contributed by atoms with E-state index in [9.17, 15) is 13.5 Å². The Morgan fingerprint density at radius 3 is 2.38 bits per heavy atom. The number of hydrogen-bond acceptors (Lipinski definition) is 3. The number of phenolic OH excluding ortho intramolecular Hbond substituents is 1. The maximum Gasteiger partial charge on any atom is 0.241 e. The van der Waals surface area contributed by atoms with Gasteiger partial charge in [0.2, 0.25) is 10.0 Å². The predicted octanol–water partition coefficient (Wildman–Crippen LogP) is 3.39. The molecule has 0 bridgehead atoms. The van der Waals surface area contributed by atoms with E-state index in [-0.39, 0.29) is 10.6 Å². The minimum atomic E-state index is -3.66. The minimum absolute atomic E-state index is 0.00138. The van der Waals surface area contributed by atoms with Crippen molar-refractivity contribution in [3.8, 4) is 5.75 Å². The Hall–Kier alpha value is -1.56. The molecule has 0 saturated heterocycles. The zero-order valence-corrected chi connectivity index (χ0v) is 13.2. The fraction of sp³-hybridized carbons (Fsp3) is 0.200. The van der Waals surface area contributed by atoms with E-state index >= 15 is 0 Å². The third-order valence-corrected chi connectivity index (χ3v) is 4.91. The van der Waals surface area contributed by atoms with Gasteiger partial charge in [-0.25, -0.2) is 13.1 Å². The number of nitrogens with one attached hydrogen (secondary N) is 1. The van der Waals surface area contributed by atoms with Gasteiger partial charge in [0.15, 0.2) is 0 Å². The topological polar surface area (TPSA) is 66.4 Å². The zero-order chi connectivity index (χ0) is 15.6. The largest absolute Gasteiger partial charge is 0.508 e. The molecule has 0 aromatic heterocycles. The lowest BCUT2D eigenvalue weighted by molar-refractivity contribution is 0.460. The van der Waals surface area contributed by atoms with Crippen LogP contribution in [0.1, 0.15) is 24.1 Å². The number of sulfonamides is 1. The van der Waals surface area contributed by atoms with Gasteiger partial charge in [-0.3, -0.25) is 0 Å². The van der Waals surface area contributed by atoms with Gasteiger partial charge in [-0.15, -0.1) is 0 Å². The summed E-state index contributed by atoms with van der Waals surface area (Å²) >= 11 is 5.88. The number of rotatable bonds is 4. The second-order valence-electron chi connectivity index (χ2n) is 4.86. The molecule has 0 saturated carbocycles. The van der Waals surface area contributed by atoms with Crippen LogP contribution in [0.5, 0.6) is 5.75 Å². The summed E-state index contributed by atoms with van der Waals surface area (Å²) in [4.78, 5) is 0.182. The lowest BCUT2D eigenvalue weighted by Crippen LogP contribution is -2.27. The maximum absolute atomic E-state index is 12.3. The first kappa shape index (κ1) is 15.8. The third-order valence-electron chi connectivity index (χ3n) is 3.12. The van der Waals surface area contributed by atoms with E-state index < -0.39 is 16.1 Å². The molecule has 2 aromatic rings. The van der Waals surface area contributed by atoms with Crippen molar-refractivity contribution in [2.24, 2.45) is 0 Å². The van der Waals surface area contributed by atoms with Crippen molar-refractivity contribution >= 4 is 21.6 Å². The summed E-state index contributed by atoms with van der Waals surface area (Å²) in [6.07, 6.45) is 0. The highest BCUT2D eigenvalue weighted by molar-refractivity contribution is 7.89. The first-order valence-electron chi connectivity index (χ1n) is 6.37. The molecule has 4 nitrogen and oxygen atoms in total. The molecule has 6 heteroatoms. The average Bonchev–Trinajstić information content (AvgIpc) is 2.41. The van der Waals surface area contributed by atoms with Gasteiger partial charge in [-0.2, -0.15) is 0 Å². The van der Waals surface area contributed by atoms with Gasteiger partial charge in [-0.1, -0.05) is 29.3 Å². The Labute approximate surface area is 129 Å². The van der Waals surface area contributed by atoms with Crippen LogP contribution in [0.3, 0.4) is 0 Å². The number of benzene rings is 2. The summed E-state index contributed by atoms with van der Waals surface area (Å²) in [5.74, 6) is -0.00138. The monoisotopic (exact) mass is 325 g/mol. The van der Waals surface area contributed by atoms with Gasteiger partial charge < -0.3 is 5.11 Å². The molecule has 0 radical (unpaired) electrons. The summed E-state index contributed by atoms with van der Waals surface area (Å²) in [5.41, 5.74) is 1.41. The van der Waals surface area contributed by atoms with E-state index in [1.54, 1.807) is 43.3 Å². The Morgan fingerprint density at radius 2 is 1.76 bits per heavy atom. The van der Waals surface area contributed by atoms with Crippen LogP contribution < -0.4 is 4.72 Å². The molecule has 0 heterocycles. The summed E-state index contributed by atoms with van der Waals surface area (Å²) in [6.45, 7) is 3.54. The second kappa shape index (κ2) is 6.05. The first-order valence-corrected chi connectivity index (χ1v) is 8.23. The summed E-state index contributed by atoms with van der Waals surface area (Å²) in [6, 6.07) is 10.5. The fourth-order valence-electron chi connectivity index (χ4n) is 1.95. The second-order valence-corrected chi connectivity index (χ2v) is 7.01. The van der Waals surface area contributed by atoms with Gasteiger partial charge in [0.25, 0.3) is 0 Å². The lowest BCUT2D eigenvalue weighted by atomic mass is 10.1. The Balaban J connectivity index is 2.27. The molecule has 1 atom stereocenters. The first-order chi connectivity index (χ1) is 9.79. The molecule has 0 aliphatic heterocycles. The van der Waals surface area contributed by atoms with Crippen LogP contribution in [0.15, 0.2) is 47.4 Å². The third kappa shape index (κ3) is 3.75. The fourth-order valence-corrected chi connectivity index (χ4v) is 3.36. The van der Waals surface area contributed by atoms with Crippen molar-refractivity contribution in [2.75, 3.05) is 0 Å². The van der Waals surface area contributed by atoms with E-state index in [0.717, 1.165) is 5.56 Å². The quantitative estimate of drug-likeness (QED) is 0.905. The molecule has 2 aromatic carbocycles. The zero-order valence-electron chi connectivity index (χ0n) is 11.7. The van der Waals surface area contributed by atoms with E-state index in [4.69, 9.17) is 11.6 Å².